The van der Waals surface area contributed by atoms with E-state index in [9.17, 15) is 4.39 Å². The zero-order valence-electron chi connectivity index (χ0n) is 16.6. The molecule has 0 unspecified atom stereocenters. The lowest BCUT2D eigenvalue weighted by Gasteiger charge is -2.41. The van der Waals surface area contributed by atoms with Crippen molar-refractivity contribution in [3.63, 3.8) is 0 Å². The number of rotatable bonds is 5. The van der Waals surface area contributed by atoms with Crippen LogP contribution in [0.1, 0.15) is 25.2 Å². The van der Waals surface area contributed by atoms with Crippen LogP contribution in [0, 0.1) is 12.7 Å². The van der Waals surface area contributed by atoms with Gasteiger partial charge in [0.2, 0.25) is 0 Å². The first-order valence-corrected chi connectivity index (χ1v) is 9.35. The third-order valence-corrected chi connectivity index (χ3v) is 5.19. The molecule has 0 bridgehead atoms. The fourth-order valence-corrected chi connectivity index (χ4v) is 3.38. The van der Waals surface area contributed by atoms with Crippen LogP contribution in [0.15, 0.2) is 27.6 Å². The third kappa shape index (κ3) is 4.59. The van der Waals surface area contributed by atoms with Gasteiger partial charge in [-0.05, 0) is 39.0 Å². The van der Waals surface area contributed by atoms with E-state index in [1.807, 2.05) is 6.92 Å². The van der Waals surface area contributed by atoms with E-state index in [1.165, 1.54) is 12.1 Å². The summed E-state index contributed by atoms with van der Waals surface area (Å²) in [6.45, 7) is 11.1. The number of aryl methyl sites for hydroxylation is 1. The molecule has 6 nitrogen and oxygen atoms in total. The van der Waals surface area contributed by atoms with Crippen molar-refractivity contribution in [2.24, 2.45) is 4.99 Å². The lowest BCUT2D eigenvalue weighted by molar-refractivity contribution is -0.00834. The third-order valence-electron chi connectivity index (χ3n) is 5.19. The predicted octanol–water partition coefficient (Wildman–Crippen LogP) is 2.66. The van der Waals surface area contributed by atoms with Crippen LogP contribution in [0.2, 0.25) is 0 Å². The minimum absolute atomic E-state index is 0.00575. The molecule has 2 aromatic rings. The zero-order valence-corrected chi connectivity index (χ0v) is 16.6. The average molecular weight is 376 g/mol. The summed E-state index contributed by atoms with van der Waals surface area (Å²) in [7, 11) is 1.75. The SMILES string of the molecule is CN=C(NCc1oc2ccc(F)cc2c1C)NCC(C)(C)N1CCOCC1. The molecule has 0 amide bonds. The summed E-state index contributed by atoms with van der Waals surface area (Å²) in [5.74, 6) is 1.24. The topological polar surface area (TPSA) is 62.0 Å². The van der Waals surface area contributed by atoms with E-state index in [0.29, 0.717) is 18.1 Å². The Morgan fingerprint density at radius 1 is 1.26 bits per heavy atom. The lowest BCUT2D eigenvalue weighted by atomic mass is 10.0. The summed E-state index contributed by atoms with van der Waals surface area (Å²) in [4.78, 5) is 6.72. The first-order chi connectivity index (χ1) is 12.9. The fraction of sp³-hybridized carbons (Fsp3) is 0.550. The highest BCUT2D eigenvalue weighted by molar-refractivity contribution is 5.83. The number of nitrogens with one attached hydrogen (secondary N) is 2. The highest BCUT2D eigenvalue weighted by Gasteiger charge is 2.28. The molecule has 1 fully saturated rings. The summed E-state index contributed by atoms with van der Waals surface area (Å²) in [5, 5.41) is 7.49. The minimum atomic E-state index is -0.256. The number of fused-ring (bicyclic) bond motifs is 1. The van der Waals surface area contributed by atoms with Crippen molar-refractivity contribution < 1.29 is 13.5 Å². The van der Waals surface area contributed by atoms with Gasteiger partial charge in [0.15, 0.2) is 5.96 Å². The molecule has 0 aliphatic carbocycles. The Labute approximate surface area is 159 Å². The second-order valence-electron chi connectivity index (χ2n) is 7.48. The number of nitrogens with zero attached hydrogens (tertiary/aromatic N) is 2. The molecular formula is C20H29FN4O2. The van der Waals surface area contributed by atoms with Gasteiger partial charge < -0.3 is 19.8 Å². The van der Waals surface area contributed by atoms with Gasteiger partial charge in [-0.25, -0.2) is 4.39 Å². The Bertz CT molecular complexity index is 810. The smallest absolute Gasteiger partial charge is 0.191 e. The molecule has 1 aliphatic heterocycles. The van der Waals surface area contributed by atoms with Crippen LogP contribution in [0.25, 0.3) is 11.0 Å². The number of furan rings is 1. The van der Waals surface area contributed by atoms with Crippen molar-refractivity contribution in [2.75, 3.05) is 39.9 Å². The molecule has 27 heavy (non-hydrogen) atoms. The monoisotopic (exact) mass is 376 g/mol. The summed E-state index contributed by atoms with van der Waals surface area (Å²) in [6, 6.07) is 4.59. The summed E-state index contributed by atoms with van der Waals surface area (Å²) >= 11 is 0. The van der Waals surface area contributed by atoms with Gasteiger partial charge in [0.05, 0.1) is 19.8 Å². The van der Waals surface area contributed by atoms with Gasteiger partial charge in [-0.15, -0.1) is 0 Å². The normalized spacial score (nSPS) is 16.7. The molecule has 0 saturated carbocycles. The van der Waals surface area contributed by atoms with Crippen LogP contribution < -0.4 is 10.6 Å². The van der Waals surface area contributed by atoms with Gasteiger partial charge in [-0.2, -0.15) is 0 Å². The van der Waals surface area contributed by atoms with Crippen LogP contribution in [-0.2, 0) is 11.3 Å². The van der Waals surface area contributed by atoms with Gasteiger partial charge >= 0.3 is 0 Å². The van der Waals surface area contributed by atoms with Crippen molar-refractivity contribution in [1.29, 1.82) is 0 Å². The highest BCUT2D eigenvalue weighted by atomic mass is 19.1. The van der Waals surface area contributed by atoms with Crippen molar-refractivity contribution in [1.82, 2.24) is 15.5 Å². The van der Waals surface area contributed by atoms with Crippen molar-refractivity contribution in [3.05, 3.63) is 35.3 Å². The van der Waals surface area contributed by atoms with Crippen LogP contribution in [0.5, 0.6) is 0 Å². The molecule has 2 N–H and O–H groups in total. The number of aliphatic imine (C=N–C) groups is 1. The molecule has 1 aromatic heterocycles. The second kappa shape index (κ2) is 8.27. The molecule has 0 atom stereocenters. The first-order valence-electron chi connectivity index (χ1n) is 9.35. The number of halogens is 1. The van der Waals surface area contributed by atoms with Crippen molar-refractivity contribution in [3.8, 4) is 0 Å². The van der Waals surface area contributed by atoms with E-state index >= 15 is 0 Å². The number of hydrogen-bond donors (Lipinski definition) is 2. The number of hydrogen-bond acceptors (Lipinski definition) is 4. The minimum Gasteiger partial charge on any atom is -0.459 e. The largest absolute Gasteiger partial charge is 0.459 e. The van der Waals surface area contributed by atoms with Crippen LogP contribution in [-0.4, -0.2) is 56.3 Å². The van der Waals surface area contributed by atoms with Gasteiger partial charge in [-0.1, -0.05) is 0 Å². The molecule has 148 valence electrons. The molecule has 2 heterocycles. The van der Waals surface area contributed by atoms with E-state index < -0.39 is 0 Å². The number of ether oxygens (including phenoxy) is 1. The van der Waals surface area contributed by atoms with Gasteiger partial charge in [0.1, 0.15) is 17.2 Å². The second-order valence-corrected chi connectivity index (χ2v) is 7.48. The highest BCUT2D eigenvalue weighted by Crippen LogP contribution is 2.25. The zero-order chi connectivity index (χ0) is 19.4. The predicted molar refractivity (Wildman–Crippen MR) is 106 cm³/mol. The molecule has 1 saturated heterocycles. The summed E-state index contributed by atoms with van der Waals surface area (Å²) < 4.78 is 24.8. The van der Waals surface area contributed by atoms with Crippen LogP contribution >= 0.6 is 0 Å². The van der Waals surface area contributed by atoms with Crippen LogP contribution in [0.4, 0.5) is 4.39 Å². The van der Waals surface area contributed by atoms with E-state index in [0.717, 1.165) is 49.6 Å². The van der Waals surface area contributed by atoms with E-state index in [4.69, 9.17) is 9.15 Å². The van der Waals surface area contributed by atoms with E-state index in [2.05, 4.69) is 34.4 Å². The molecule has 1 aromatic carbocycles. The number of guanidine groups is 1. The summed E-state index contributed by atoms with van der Waals surface area (Å²) in [5.41, 5.74) is 1.64. The Morgan fingerprint density at radius 2 is 2.00 bits per heavy atom. The fourth-order valence-electron chi connectivity index (χ4n) is 3.38. The maximum absolute atomic E-state index is 13.5. The Morgan fingerprint density at radius 3 is 2.70 bits per heavy atom. The standard InChI is InChI=1S/C20H29FN4O2/c1-14-16-11-15(21)5-6-17(16)27-18(14)12-23-19(22-4)24-13-20(2,3)25-7-9-26-10-8-25/h5-6,11H,7-10,12-13H2,1-4H3,(H2,22,23,24). The number of benzene rings is 1. The Hall–Kier alpha value is -2.12. The Kier molecular flexibility index (Phi) is 6.01. The molecular weight excluding hydrogens is 347 g/mol. The van der Waals surface area contributed by atoms with Crippen LogP contribution in [0.3, 0.4) is 0 Å². The molecule has 1 aliphatic rings. The van der Waals surface area contributed by atoms with Gasteiger partial charge in [0, 0.05) is 43.2 Å². The molecule has 0 radical (unpaired) electrons. The first kappa shape index (κ1) is 19.6. The number of morpholine rings is 1. The summed E-state index contributed by atoms with van der Waals surface area (Å²) in [6.07, 6.45) is 0. The molecule has 7 heteroatoms. The van der Waals surface area contributed by atoms with E-state index in [-0.39, 0.29) is 11.4 Å². The Balaban J connectivity index is 1.58. The average Bonchev–Trinajstić information content (AvgIpc) is 2.98. The van der Waals surface area contributed by atoms with Crippen molar-refractivity contribution in [2.45, 2.75) is 32.9 Å². The van der Waals surface area contributed by atoms with E-state index in [1.54, 1.807) is 13.1 Å². The quantitative estimate of drug-likeness (QED) is 0.621. The van der Waals surface area contributed by atoms with Gasteiger partial charge in [-0.3, -0.25) is 9.89 Å². The maximum atomic E-state index is 13.5. The maximum Gasteiger partial charge on any atom is 0.191 e. The molecule has 3 rings (SSSR count). The lowest BCUT2D eigenvalue weighted by Crippen LogP contribution is -2.56. The van der Waals surface area contributed by atoms with Crippen molar-refractivity contribution >= 4 is 16.9 Å². The molecule has 0 spiro atoms. The van der Waals surface area contributed by atoms with Gasteiger partial charge in [0.25, 0.3) is 0 Å².